The molecule has 1 spiro atoms. The standard InChI is InChI=1S/C35H30BrClN2O3/c1-21(2)19-29-30(22-15-17-26(37)18-16-22)31(32(40)23-9-4-3-5-10-23)35(27-13-6-7-14-28(27)38-34(35)42)39(29)33(41)24-11-8-12-25(36)20-24/h3-18,20-21,29-31H,19H2,1-2H3,(H,38,42). The van der Waals surface area contributed by atoms with Gasteiger partial charge in [0.1, 0.15) is 0 Å². The molecule has 2 heterocycles. The van der Waals surface area contributed by atoms with E-state index in [2.05, 4.69) is 35.1 Å². The molecule has 7 heteroatoms. The quantitative estimate of drug-likeness (QED) is 0.216. The number of fused-ring (bicyclic) bond motifs is 2. The molecule has 212 valence electrons. The number of carbonyl (C=O) groups is 3. The second-order valence-electron chi connectivity index (χ2n) is 11.4. The lowest BCUT2D eigenvalue weighted by Crippen LogP contribution is -2.56. The third-order valence-corrected chi connectivity index (χ3v) is 9.21. The van der Waals surface area contributed by atoms with Gasteiger partial charge in [0.05, 0.1) is 5.92 Å². The van der Waals surface area contributed by atoms with E-state index in [9.17, 15) is 14.4 Å². The Balaban J connectivity index is 1.70. The Morgan fingerprint density at radius 1 is 0.905 bits per heavy atom. The first-order valence-corrected chi connectivity index (χ1v) is 15.3. The highest BCUT2D eigenvalue weighted by Crippen LogP contribution is 2.60. The number of rotatable bonds is 6. The van der Waals surface area contributed by atoms with Crippen molar-refractivity contribution in [1.82, 2.24) is 4.90 Å². The van der Waals surface area contributed by atoms with Crippen molar-refractivity contribution in [2.24, 2.45) is 11.8 Å². The lowest BCUT2D eigenvalue weighted by Gasteiger charge is -2.39. The number of nitrogens with zero attached hydrogens (tertiary/aromatic N) is 1. The van der Waals surface area contributed by atoms with Crippen LogP contribution in [0.15, 0.2) is 108 Å². The van der Waals surface area contributed by atoms with Crippen LogP contribution in [0.4, 0.5) is 5.69 Å². The van der Waals surface area contributed by atoms with Crippen molar-refractivity contribution < 1.29 is 14.4 Å². The van der Waals surface area contributed by atoms with Gasteiger partial charge in [0.15, 0.2) is 11.3 Å². The summed E-state index contributed by atoms with van der Waals surface area (Å²) >= 11 is 9.83. The van der Waals surface area contributed by atoms with Gasteiger partial charge in [-0.1, -0.05) is 108 Å². The summed E-state index contributed by atoms with van der Waals surface area (Å²) < 4.78 is 0.754. The van der Waals surface area contributed by atoms with E-state index in [0.29, 0.717) is 33.8 Å². The topological polar surface area (TPSA) is 66.5 Å². The maximum Gasteiger partial charge on any atom is 0.255 e. The number of likely N-dealkylation sites (tertiary alicyclic amines) is 1. The van der Waals surface area contributed by atoms with Crippen molar-refractivity contribution in [2.75, 3.05) is 5.32 Å². The Bertz CT molecular complexity index is 1670. The van der Waals surface area contributed by atoms with Gasteiger partial charge in [-0.05, 0) is 54.3 Å². The number of anilines is 1. The maximum absolute atomic E-state index is 14.9. The zero-order valence-corrected chi connectivity index (χ0v) is 25.6. The largest absolute Gasteiger partial charge is 0.323 e. The third-order valence-electron chi connectivity index (χ3n) is 8.47. The fourth-order valence-electron chi connectivity index (χ4n) is 6.91. The number of hydrogen-bond acceptors (Lipinski definition) is 3. The number of benzene rings is 4. The molecule has 4 aromatic rings. The lowest BCUT2D eigenvalue weighted by atomic mass is 9.69. The maximum atomic E-state index is 14.9. The van der Waals surface area contributed by atoms with E-state index in [1.165, 1.54) is 0 Å². The predicted octanol–water partition coefficient (Wildman–Crippen LogP) is 8.10. The molecule has 6 rings (SSSR count). The van der Waals surface area contributed by atoms with Gasteiger partial charge in [-0.25, -0.2) is 0 Å². The summed E-state index contributed by atoms with van der Waals surface area (Å²) in [5.74, 6) is -2.05. The number of carbonyl (C=O) groups excluding carboxylic acids is 3. The highest BCUT2D eigenvalue weighted by atomic mass is 79.9. The van der Waals surface area contributed by atoms with Gasteiger partial charge < -0.3 is 10.2 Å². The molecule has 2 aliphatic rings. The van der Waals surface area contributed by atoms with E-state index in [4.69, 9.17) is 11.6 Å². The van der Waals surface area contributed by atoms with Crippen molar-refractivity contribution in [3.63, 3.8) is 0 Å². The van der Waals surface area contributed by atoms with Crippen molar-refractivity contribution in [3.8, 4) is 0 Å². The van der Waals surface area contributed by atoms with Gasteiger partial charge in [-0.3, -0.25) is 14.4 Å². The molecule has 0 bridgehead atoms. The minimum atomic E-state index is -1.58. The van der Waals surface area contributed by atoms with Crippen LogP contribution in [-0.4, -0.2) is 28.5 Å². The first-order chi connectivity index (χ1) is 20.2. The third kappa shape index (κ3) is 4.58. The zero-order valence-electron chi connectivity index (χ0n) is 23.3. The normalized spacial score (nSPS) is 22.8. The lowest BCUT2D eigenvalue weighted by molar-refractivity contribution is -0.127. The van der Waals surface area contributed by atoms with Crippen LogP contribution in [-0.2, 0) is 10.3 Å². The molecule has 1 fully saturated rings. The van der Waals surface area contributed by atoms with Crippen molar-refractivity contribution in [3.05, 3.63) is 135 Å². The molecular weight excluding hydrogens is 612 g/mol. The fraction of sp³-hybridized carbons (Fsp3) is 0.229. The summed E-state index contributed by atoms with van der Waals surface area (Å²) in [4.78, 5) is 46.0. The number of hydrogen-bond donors (Lipinski definition) is 1. The van der Waals surface area contributed by atoms with Crippen LogP contribution < -0.4 is 5.32 Å². The Morgan fingerprint density at radius 3 is 2.26 bits per heavy atom. The summed E-state index contributed by atoms with van der Waals surface area (Å²) in [5, 5.41) is 3.63. The molecule has 0 aromatic heterocycles. The van der Waals surface area contributed by atoms with Gasteiger partial charge >= 0.3 is 0 Å². The van der Waals surface area contributed by atoms with Crippen molar-refractivity contribution in [1.29, 1.82) is 0 Å². The van der Waals surface area contributed by atoms with E-state index in [1.54, 1.807) is 29.2 Å². The van der Waals surface area contributed by atoms with Crippen molar-refractivity contribution in [2.45, 2.75) is 37.8 Å². The number of halogens is 2. The summed E-state index contributed by atoms with van der Waals surface area (Å²) in [6.45, 7) is 4.20. The van der Waals surface area contributed by atoms with Crippen LogP contribution >= 0.6 is 27.5 Å². The molecule has 5 nitrogen and oxygen atoms in total. The second-order valence-corrected chi connectivity index (χ2v) is 12.8. The van der Waals surface area contributed by atoms with E-state index in [0.717, 1.165) is 10.0 Å². The fourth-order valence-corrected chi connectivity index (χ4v) is 7.43. The molecule has 1 saturated heterocycles. The molecule has 2 amide bonds. The Kier molecular flexibility index (Phi) is 7.54. The zero-order chi connectivity index (χ0) is 29.6. The summed E-state index contributed by atoms with van der Waals surface area (Å²) in [5.41, 5.74) is 1.47. The van der Waals surface area contributed by atoms with Gasteiger partial charge in [-0.15, -0.1) is 0 Å². The van der Waals surface area contributed by atoms with Crippen LogP contribution in [0.2, 0.25) is 5.02 Å². The number of Topliss-reactive ketones (excluding diaryl/α,β-unsaturated/α-hetero) is 1. The number of ketones is 1. The van der Waals surface area contributed by atoms with Crippen LogP contribution in [0.3, 0.4) is 0 Å². The number of nitrogens with one attached hydrogen (secondary N) is 1. The molecule has 42 heavy (non-hydrogen) atoms. The highest BCUT2D eigenvalue weighted by Gasteiger charge is 2.70. The highest BCUT2D eigenvalue weighted by molar-refractivity contribution is 9.10. The summed E-state index contributed by atoms with van der Waals surface area (Å²) in [6, 6.07) is 30.7. The first-order valence-electron chi connectivity index (χ1n) is 14.1. The second kappa shape index (κ2) is 11.2. The van der Waals surface area contributed by atoms with E-state index < -0.39 is 23.4 Å². The Hall–Kier alpha value is -3.74. The average Bonchev–Trinajstić information content (AvgIpc) is 3.44. The SMILES string of the molecule is CC(C)CC1C(c2ccc(Cl)cc2)C(C(=O)c2ccccc2)C2(C(=O)Nc3ccccc32)N1C(=O)c1cccc(Br)c1. The molecule has 4 aromatic carbocycles. The van der Waals surface area contributed by atoms with Crippen molar-refractivity contribution >= 4 is 50.8 Å². The van der Waals surface area contributed by atoms with Gasteiger partial charge in [0.2, 0.25) is 0 Å². The smallest absolute Gasteiger partial charge is 0.255 e. The minimum Gasteiger partial charge on any atom is -0.323 e. The van der Waals surface area contributed by atoms with E-state index >= 15 is 0 Å². The Labute approximate surface area is 259 Å². The number of para-hydroxylation sites is 1. The number of amides is 2. The molecule has 2 aliphatic heterocycles. The Morgan fingerprint density at radius 2 is 1.57 bits per heavy atom. The van der Waals surface area contributed by atoms with Gasteiger partial charge in [-0.2, -0.15) is 0 Å². The average molecular weight is 642 g/mol. The summed E-state index contributed by atoms with van der Waals surface area (Å²) in [7, 11) is 0. The molecule has 4 atom stereocenters. The first kappa shape index (κ1) is 28.4. The van der Waals surface area contributed by atoms with Gasteiger partial charge in [0.25, 0.3) is 11.8 Å². The van der Waals surface area contributed by atoms with Crippen LogP contribution in [0.5, 0.6) is 0 Å². The van der Waals surface area contributed by atoms with E-state index in [-0.39, 0.29) is 23.5 Å². The molecule has 1 N–H and O–H groups in total. The monoisotopic (exact) mass is 640 g/mol. The minimum absolute atomic E-state index is 0.171. The molecule has 0 aliphatic carbocycles. The summed E-state index contributed by atoms with van der Waals surface area (Å²) in [6.07, 6.45) is 0.586. The van der Waals surface area contributed by atoms with Crippen LogP contribution in [0, 0.1) is 11.8 Å². The van der Waals surface area contributed by atoms with Gasteiger partial charge in [0, 0.05) is 43.8 Å². The van der Waals surface area contributed by atoms with E-state index in [1.807, 2.05) is 78.9 Å². The molecule has 0 radical (unpaired) electrons. The molecule has 0 saturated carbocycles. The molecule has 4 unspecified atom stereocenters. The molecular formula is C35H30BrClN2O3. The van der Waals surface area contributed by atoms with Crippen LogP contribution in [0.25, 0.3) is 0 Å². The van der Waals surface area contributed by atoms with Crippen LogP contribution in [0.1, 0.15) is 58.0 Å². The predicted molar refractivity (Wildman–Crippen MR) is 169 cm³/mol.